The molecule has 4 heterocycles. The summed E-state index contributed by atoms with van der Waals surface area (Å²) in [7, 11) is 0. The summed E-state index contributed by atoms with van der Waals surface area (Å²) in [6.45, 7) is 3.05. The van der Waals surface area contributed by atoms with Crippen LogP contribution in [0.25, 0.3) is 28.4 Å². The number of carbonyl (C=O) groups excluding carboxylic acids is 2. The molecule has 0 unspecified atom stereocenters. The molecule has 5 rings (SSSR count). The van der Waals surface area contributed by atoms with E-state index in [9.17, 15) is 9.59 Å². The molecule has 0 aliphatic carbocycles. The Morgan fingerprint density at radius 2 is 1.89 bits per heavy atom. The summed E-state index contributed by atoms with van der Waals surface area (Å²) in [6.07, 6.45) is 7.71. The van der Waals surface area contributed by atoms with Gasteiger partial charge in [0.05, 0.1) is 17.1 Å². The van der Waals surface area contributed by atoms with Crippen LogP contribution < -0.4 is 16.4 Å². The molecule has 0 radical (unpaired) electrons. The van der Waals surface area contributed by atoms with Gasteiger partial charge in [0.2, 0.25) is 5.91 Å². The highest BCUT2D eigenvalue weighted by atomic mass is 35.5. The van der Waals surface area contributed by atoms with Gasteiger partial charge in [-0.3, -0.25) is 9.59 Å². The average Bonchev–Trinajstić information content (AvgIpc) is 3.35. The van der Waals surface area contributed by atoms with Crippen LogP contribution in [-0.2, 0) is 11.3 Å². The van der Waals surface area contributed by atoms with E-state index >= 15 is 0 Å². The number of furan rings is 1. The summed E-state index contributed by atoms with van der Waals surface area (Å²) in [5.41, 5.74) is 7.96. The number of nitrogen functional groups attached to an aromatic ring is 1. The zero-order valence-electron chi connectivity index (χ0n) is 19.8. The number of nitrogens with one attached hydrogen (secondary N) is 2. The summed E-state index contributed by atoms with van der Waals surface area (Å²) in [5, 5.41) is 7.15. The third-order valence-corrected chi connectivity index (χ3v) is 6.14. The third kappa shape index (κ3) is 5.76. The molecule has 1 saturated heterocycles. The summed E-state index contributed by atoms with van der Waals surface area (Å²) in [4.78, 5) is 39.4. The Balaban J connectivity index is 1.26. The number of benzene rings is 1. The van der Waals surface area contributed by atoms with Gasteiger partial charge in [0, 0.05) is 61.8 Å². The number of aromatic nitrogens is 3. The number of nitrogens with zero attached hydrogens (tertiary/aromatic N) is 4. The van der Waals surface area contributed by atoms with Gasteiger partial charge in [-0.05, 0) is 42.0 Å². The Morgan fingerprint density at radius 3 is 2.62 bits per heavy atom. The number of hydrogen-bond acceptors (Lipinski definition) is 8. The lowest BCUT2D eigenvalue weighted by Crippen LogP contribution is -2.46. The Kier molecular flexibility index (Phi) is 7.11. The first-order valence-electron chi connectivity index (χ1n) is 11.7. The molecule has 1 aromatic carbocycles. The minimum absolute atomic E-state index is 0.0805. The highest BCUT2D eigenvalue weighted by Crippen LogP contribution is 2.31. The van der Waals surface area contributed by atoms with Crippen LogP contribution in [0.4, 0.5) is 5.82 Å². The van der Waals surface area contributed by atoms with Gasteiger partial charge in [-0.1, -0.05) is 11.6 Å². The number of nitrogens with two attached hydrogens (primary N) is 1. The maximum absolute atomic E-state index is 12.7. The van der Waals surface area contributed by atoms with E-state index in [1.165, 1.54) is 18.5 Å². The smallest absolute Gasteiger partial charge is 0.257 e. The Morgan fingerprint density at radius 1 is 1.11 bits per heavy atom. The van der Waals surface area contributed by atoms with E-state index in [2.05, 4.69) is 25.6 Å². The van der Waals surface area contributed by atoms with Crippen LogP contribution in [0, 0.1) is 0 Å². The first-order chi connectivity index (χ1) is 18.0. The largest absolute Gasteiger partial charge is 0.458 e. The van der Waals surface area contributed by atoms with Gasteiger partial charge in [-0.15, -0.1) is 0 Å². The first-order valence-corrected chi connectivity index (χ1v) is 12.1. The number of piperazine rings is 1. The second kappa shape index (κ2) is 10.8. The molecule has 0 spiro atoms. The van der Waals surface area contributed by atoms with Crippen molar-refractivity contribution in [3.05, 3.63) is 76.9 Å². The summed E-state index contributed by atoms with van der Waals surface area (Å²) in [6, 6.07) is 8.81. The van der Waals surface area contributed by atoms with Gasteiger partial charge < -0.3 is 25.7 Å². The molecule has 188 valence electrons. The lowest BCUT2D eigenvalue weighted by molar-refractivity contribution is -0.116. The highest BCUT2D eigenvalue weighted by Gasteiger charge is 2.19. The number of rotatable bonds is 6. The summed E-state index contributed by atoms with van der Waals surface area (Å²) < 4.78 is 5.84. The maximum atomic E-state index is 12.7. The van der Waals surface area contributed by atoms with E-state index in [0.29, 0.717) is 52.2 Å². The van der Waals surface area contributed by atoms with Crippen LogP contribution in [0.3, 0.4) is 0 Å². The Bertz CT molecular complexity index is 1460. The van der Waals surface area contributed by atoms with E-state index in [1.54, 1.807) is 41.4 Å². The number of halogens is 1. The first kappa shape index (κ1) is 24.4. The van der Waals surface area contributed by atoms with Gasteiger partial charge in [0.1, 0.15) is 11.6 Å². The summed E-state index contributed by atoms with van der Waals surface area (Å²) >= 11 is 6.47. The zero-order chi connectivity index (χ0) is 25.8. The molecular weight excluding hydrogens is 494 g/mol. The number of carbonyl (C=O) groups is 2. The van der Waals surface area contributed by atoms with Crippen molar-refractivity contribution in [3.63, 3.8) is 0 Å². The van der Waals surface area contributed by atoms with Crippen LogP contribution in [0.5, 0.6) is 0 Å². The van der Waals surface area contributed by atoms with Gasteiger partial charge >= 0.3 is 0 Å². The van der Waals surface area contributed by atoms with Crippen molar-refractivity contribution in [3.8, 4) is 11.4 Å². The van der Waals surface area contributed by atoms with Crippen LogP contribution in [0.15, 0.2) is 59.4 Å². The standard InChI is InChI=1S/C26H24ClN7O3/c27-21-11-18(25-32-13-19(14-33-25)26(36)34-7-5-29-6-8-34)9-17-10-20(37-24(17)21)15-31-23(35)4-2-16-1-3-22(28)30-12-16/h1-4,9-14,29H,5-8,15H2,(H2,28,30)(H,31,35)/b4-2+. The second-order valence-corrected chi connectivity index (χ2v) is 8.90. The van der Waals surface area contributed by atoms with Crippen LogP contribution >= 0.6 is 11.6 Å². The number of anilines is 1. The minimum Gasteiger partial charge on any atom is -0.458 e. The number of pyridine rings is 1. The Labute approximate surface area is 217 Å². The molecule has 37 heavy (non-hydrogen) atoms. The zero-order valence-corrected chi connectivity index (χ0v) is 20.5. The molecule has 4 aromatic rings. The number of hydrogen-bond donors (Lipinski definition) is 3. The van der Waals surface area contributed by atoms with Crippen molar-refractivity contribution in [1.82, 2.24) is 30.5 Å². The third-order valence-electron chi connectivity index (χ3n) is 5.86. The quantitative estimate of drug-likeness (QED) is 0.332. The van der Waals surface area contributed by atoms with E-state index < -0.39 is 0 Å². The predicted octanol–water partition coefficient (Wildman–Crippen LogP) is 2.90. The van der Waals surface area contributed by atoms with E-state index in [0.717, 1.165) is 24.0 Å². The lowest BCUT2D eigenvalue weighted by Gasteiger charge is -2.27. The molecule has 11 heteroatoms. The van der Waals surface area contributed by atoms with Crippen molar-refractivity contribution in [2.75, 3.05) is 31.9 Å². The predicted molar refractivity (Wildman–Crippen MR) is 141 cm³/mol. The minimum atomic E-state index is -0.284. The molecule has 0 atom stereocenters. The van der Waals surface area contributed by atoms with Crippen molar-refractivity contribution >= 4 is 46.3 Å². The fourth-order valence-electron chi connectivity index (χ4n) is 3.94. The van der Waals surface area contributed by atoms with Gasteiger partial charge in [0.15, 0.2) is 11.4 Å². The fraction of sp³-hybridized carbons (Fsp3) is 0.192. The fourth-order valence-corrected chi connectivity index (χ4v) is 4.20. The molecule has 0 saturated carbocycles. The molecule has 1 fully saturated rings. The molecular formula is C26H24ClN7O3. The van der Waals surface area contributed by atoms with Crippen LogP contribution in [0.1, 0.15) is 21.7 Å². The van der Waals surface area contributed by atoms with Crippen molar-refractivity contribution in [2.45, 2.75) is 6.54 Å². The molecule has 0 bridgehead atoms. The summed E-state index contributed by atoms with van der Waals surface area (Å²) in [5.74, 6) is 1.04. The average molecular weight is 518 g/mol. The highest BCUT2D eigenvalue weighted by molar-refractivity contribution is 6.35. The molecule has 3 aromatic heterocycles. The van der Waals surface area contributed by atoms with Crippen LogP contribution in [0.2, 0.25) is 5.02 Å². The topological polar surface area (TPSA) is 139 Å². The van der Waals surface area contributed by atoms with Crippen LogP contribution in [-0.4, -0.2) is 57.8 Å². The molecule has 10 nitrogen and oxygen atoms in total. The normalized spacial score (nSPS) is 13.8. The van der Waals surface area contributed by atoms with Gasteiger partial charge in [0.25, 0.3) is 5.91 Å². The van der Waals surface area contributed by atoms with Crippen molar-refractivity contribution in [2.24, 2.45) is 0 Å². The monoisotopic (exact) mass is 517 g/mol. The van der Waals surface area contributed by atoms with E-state index in [1.807, 2.05) is 6.07 Å². The van der Waals surface area contributed by atoms with Crippen molar-refractivity contribution in [1.29, 1.82) is 0 Å². The van der Waals surface area contributed by atoms with Gasteiger partial charge in [-0.2, -0.15) is 0 Å². The SMILES string of the molecule is Nc1ccc(/C=C/C(=O)NCc2cc3cc(-c4ncc(C(=O)N5CCNCC5)cn4)cc(Cl)c3o2)cn1. The van der Waals surface area contributed by atoms with E-state index in [4.69, 9.17) is 21.8 Å². The Hall–Kier alpha value is -4.28. The maximum Gasteiger partial charge on any atom is 0.257 e. The van der Waals surface area contributed by atoms with Gasteiger partial charge in [-0.25, -0.2) is 15.0 Å². The molecule has 1 aliphatic heterocycles. The second-order valence-electron chi connectivity index (χ2n) is 8.49. The molecule has 4 N–H and O–H groups in total. The molecule has 2 amide bonds. The number of amides is 2. The van der Waals surface area contributed by atoms with Crippen molar-refractivity contribution < 1.29 is 14.0 Å². The number of fused-ring (bicyclic) bond motifs is 1. The lowest BCUT2D eigenvalue weighted by atomic mass is 10.1. The van der Waals surface area contributed by atoms with E-state index in [-0.39, 0.29) is 18.4 Å². The molecule has 1 aliphatic rings.